The van der Waals surface area contributed by atoms with Crippen molar-refractivity contribution in [3.8, 4) is 0 Å². The van der Waals surface area contributed by atoms with Crippen molar-refractivity contribution in [3.63, 3.8) is 0 Å². The second-order valence-electron chi connectivity index (χ2n) is 6.01. The highest BCUT2D eigenvalue weighted by Crippen LogP contribution is 2.47. The standard InChI is InChI=1S/C17H26/c1-5-13(4)6-9-16(12(2)3)17-11-14-7-8-15(17)10-14/h5,11,14-15H,6-10H2,1-4H3. The second kappa shape index (κ2) is 5.25. The predicted molar refractivity (Wildman–Crippen MR) is 76.0 cm³/mol. The molecule has 0 N–H and O–H groups in total. The largest absolute Gasteiger partial charge is 0.0887 e. The molecule has 0 spiro atoms. The maximum absolute atomic E-state index is 2.58. The maximum atomic E-state index is 2.58. The van der Waals surface area contributed by atoms with E-state index in [0.29, 0.717) is 0 Å². The summed E-state index contributed by atoms with van der Waals surface area (Å²) < 4.78 is 0. The summed E-state index contributed by atoms with van der Waals surface area (Å²) in [4.78, 5) is 0. The summed E-state index contributed by atoms with van der Waals surface area (Å²) in [5.74, 6) is 1.81. The van der Waals surface area contributed by atoms with Gasteiger partial charge in [0.2, 0.25) is 0 Å². The fourth-order valence-corrected chi connectivity index (χ4v) is 3.34. The molecular weight excluding hydrogens is 204 g/mol. The summed E-state index contributed by atoms with van der Waals surface area (Å²) in [5.41, 5.74) is 6.43. The first-order chi connectivity index (χ1) is 8.11. The summed E-state index contributed by atoms with van der Waals surface area (Å²) >= 11 is 0. The Kier molecular flexibility index (Phi) is 3.91. The summed E-state index contributed by atoms with van der Waals surface area (Å²) in [6.07, 6.45) is 11.6. The van der Waals surface area contributed by atoms with Crippen LogP contribution in [0.5, 0.6) is 0 Å². The third-order valence-electron chi connectivity index (χ3n) is 4.54. The zero-order valence-corrected chi connectivity index (χ0v) is 11.8. The molecular formula is C17H26. The Morgan fingerprint density at radius 3 is 2.47 bits per heavy atom. The molecule has 0 saturated heterocycles. The molecule has 0 heteroatoms. The molecule has 2 aliphatic carbocycles. The lowest BCUT2D eigenvalue weighted by Gasteiger charge is -2.19. The van der Waals surface area contributed by atoms with Gasteiger partial charge in [-0.1, -0.05) is 23.3 Å². The highest BCUT2D eigenvalue weighted by molar-refractivity contribution is 5.41. The van der Waals surface area contributed by atoms with Crippen LogP contribution in [0.1, 0.15) is 59.8 Å². The monoisotopic (exact) mass is 230 g/mol. The van der Waals surface area contributed by atoms with Gasteiger partial charge in [0.1, 0.15) is 0 Å². The first-order valence-electron chi connectivity index (χ1n) is 7.12. The Morgan fingerprint density at radius 2 is 2.00 bits per heavy atom. The van der Waals surface area contributed by atoms with Crippen LogP contribution >= 0.6 is 0 Å². The molecule has 0 radical (unpaired) electrons. The van der Waals surface area contributed by atoms with E-state index in [1.54, 1.807) is 11.1 Å². The van der Waals surface area contributed by atoms with Crippen LogP contribution in [0.2, 0.25) is 0 Å². The van der Waals surface area contributed by atoms with E-state index in [1.807, 2.05) is 0 Å². The third-order valence-corrected chi connectivity index (χ3v) is 4.54. The highest BCUT2D eigenvalue weighted by Gasteiger charge is 2.33. The molecule has 94 valence electrons. The topological polar surface area (TPSA) is 0 Å². The van der Waals surface area contributed by atoms with Gasteiger partial charge in [-0.2, -0.15) is 0 Å². The van der Waals surface area contributed by atoms with Gasteiger partial charge in [-0.3, -0.25) is 0 Å². The Morgan fingerprint density at radius 1 is 1.24 bits per heavy atom. The van der Waals surface area contributed by atoms with Gasteiger partial charge in [-0.25, -0.2) is 0 Å². The lowest BCUT2D eigenvalue weighted by Crippen LogP contribution is -2.02. The van der Waals surface area contributed by atoms with Crippen LogP contribution in [0.25, 0.3) is 0 Å². The molecule has 1 saturated carbocycles. The molecule has 0 aromatic rings. The number of rotatable bonds is 4. The number of hydrogen-bond acceptors (Lipinski definition) is 0. The van der Waals surface area contributed by atoms with E-state index < -0.39 is 0 Å². The first-order valence-corrected chi connectivity index (χ1v) is 7.12. The molecule has 0 nitrogen and oxygen atoms in total. The molecule has 0 heterocycles. The van der Waals surface area contributed by atoms with Crippen LogP contribution < -0.4 is 0 Å². The van der Waals surface area contributed by atoms with Crippen LogP contribution in [-0.2, 0) is 0 Å². The van der Waals surface area contributed by atoms with Crippen molar-refractivity contribution < 1.29 is 0 Å². The average molecular weight is 230 g/mol. The molecule has 0 aromatic heterocycles. The molecule has 2 unspecified atom stereocenters. The van der Waals surface area contributed by atoms with E-state index in [1.165, 1.54) is 43.3 Å². The van der Waals surface area contributed by atoms with Crippen molar-refractivity contribution in [1.29, 1.82) is 0 Å². The molecule has 2 aliphatic rings. The van der Waals surface area contributed by atoms with Gasteiger partial charge in [0.15, 0.2) is 0 Å². The van der Waals surface area contributed by atoms with Gasteiger partial charge in [-0.05, 0) is 82.8 Å². The minimum absolute atomic E-state index is 0.899. The SMILES string of the molecule is CC=C(C)CCC(C1=CC2CCC1C2)=C(C)C. The molecule has 2 rings (SSSR count). The van der Waals surface area contributed by atoms with Crippen molar-refractivity contribution in [2.45, 2.75) is 59.8 Å². The number of fused-ring (bicyclic) bond motifs is 2. The fourth-order valence-electron chi connectivity index (χ4n) is 3.34. The number of hydrogen-bond donors (Lipinski definition) is 0. The summed E-state index contributed by atoms with van der Waals surface area (Å²) in [7, 11) is 0. The Hall–Kier alpha value is -0.780. The zero-order chi connectivity index (χ0) is 12.4. The lowest BCUT2D eigenvalue weighted by molar-refractivity contribution is 0.653. The van der Waals surface area contributed by atoms with Gasteiger partial charge in [0.25, 0.3) is 0 Å². The molecule has 2 bridgehead atoms. The minimum Gasteiger partial charge on any atom is -0.0887 e. The van der Waals surface area contributed by atoms with Gasteiger partial charge in [-0.15, -0.1) is 0 Å². The van der Waals surface area contributed by atoms with Crippen LogP contribution in [0.4, 0.5) is 0 Å². The second-order valence-corrected chi connectivity index (χ2v) is 6.01. The Balaban J connectivity index is 2.10. The summed E-state index contributed by atoms with van der Waals surface area (Å²) in [6, 6.07) is 0. The summed E-state index contributed by atoms with van der Waals surface area (Å²) in [5, 5.41) is 0. The van der Waals surface area contributed by atoms with Crippen LogP contribution in [-0.4, -0.2) is 0 Å². The molecule has 0 amide bonds. The molecule has 0 aromatic carbocycles. The van der Waals surface area contributed by atoms with Crippen LogP contribution in [0.15, 0.2) is 34.4 Å². The van der Waals surface area contributed by atoms with E-state index in [4.69, 9.17) is 0 Å². The molecule has 1 fully saturated rings. The zero-order valence-electron chi connectivity index (χ0n) is 11.8. The third kappa shape index (κ3) is 2.73. The molecule has 17 heavy (non-hydrogen) atoms. The smallest absolute Gasteiger partial charge is 0.0156 e. The van der Waals surface area contributed by atoms with Gasteiger partial charge in [0.05, 0.1) is 0 Å². The van der Waals surface area contributed by atoms with E-state index >= 15 is 0 Å². The van der Waals surface area contributed by atoms with Crippen molar-refractivity contribution in [2.75, 3.05) is 0 Å². The van der Waals surface area contributed by atoms with Crippen LogP contribution in [0.3, 0.4) is 0 Å². The van der Waals surface area contributed by atoms with Crippen molar-refractivity contribution in [3.05, 3.63) is 34.4 Å². The Bertz CT molecular complexity index is 375. The lowest BCUT2D eigenvalue weighted by atomic mass is 9.86. The van der Waals surface area contributed by atoms with E-state index in [9.17, 15) is 0 Å². The maximum Gasteiger partial charge on any atom is -0.0156 e. The average Bonchev–Trinajstić information content (AvgIpc) is 2.90. The fraction of sp³-hybridized carbons (Fsp3) is 0.647. The molecule has 0 aliphatic heterocycles. The van der Waals surface area contributed by atoms with Crippen molar-refractivity contribution in [2.24, 2.45) is 11.8 Å². The van der Waals surface area contributed by atoms with E-state index in [2.05, 4.69) is 39.8 Å². The molecule has 2 atom stereocenters. The first kappa shape index (κ1) is 12.7. The quantitative estimate of drug-likeness (QED) is 0.565. The minimum atomic E-state index is 0.899. The normalized spacial score (nSPS) is 27.3. The van der Waals surface area contributed by atoms with Gasteiger partial charge < -0.3 is 0 Å². The van der Waals surface area contributed by atoms with Crippen LogP contribution in [0, 0.1) is 11.8 Å². The predicted octanol–water partition coefficient (Wildman–Crippen LogP) is 5.43. The van der Waals surface area contributed by atoms with Crippen molar-refractivity contribution in [1.82, 2.24) is 0 Å². The van der Waals surface area contributed by atoms with Crippen molar-refractivity contribution >= 4 is 0 Å². The van der Waals surface area contributed by atoms with E-state index in [-0.39, 0.29) is 0 Å². The summed E-state index contributed by atoms with van der Waals surface area (Å²) in [6.45, 7) is 8.96. The van der Waals surface area contributed by atoms with Gasteiger partial charge in [0, 0.05) is 0 Å². The van der Waals surface area contributed by atoms with Gasteiger partial charge >= 0.3 is 0 Å². The van der Waals surface area contributed by atoms with E-state index in [0.717, 1.165) is 11.8 Å². The Labute approximate surface area is 106 Å². The number of allylic oxidation sites excluding steroid dienone is 6. The highest BCUT2D eigenvalue weighted by atomic mass is 14.4.